The predicted octanol–water partition coefficient (Wildman–Crippen LogP) is 5.65. The number of halogens is 3. The molecular weight excluding hydrogens is 401 g/mol. The standard InChI is InChI=1S/C21H15F3N2O4/c22-21(23,24)16-6-9-20(30-13-14-4-2-1-3-5-14)18(11-16)25-12-15-10-17(26(28)29)7-8-19(15)27/h1-12,27H,13H2. The van der Waals surface area contributed by atoms with Crippen LogP contribution in [0.5, 0.6) is 11.5 Å². The van der Waals surface area contributed by atoms with Gasteiger partial charge in [-0.05, 0) is 29.8 Å². The molecule has 0 saturated carbocycles. The topological polar surface area (TPSA) is 85.0 Å². The summed E-state index contributed by atoms with van der Waals surface area (Å²) >= 11 is 0. The first-order valence-electron chi connectivity index (χ1n) is 8.63. The Bertz CT molecular complexity index is 1080. The van der Waals surface area contributed by atoms with Gasteiger partial charge < -0.3 is 9.84 Å². The van der Waals surface area contributed by atoms with Gasteiger partial charge in [0.2, 0.25) is 0 Å². The number of aromatic hydroxyl groups is 1. The highest BCUT2D eigenvalue weighted by Crippen LogP contribution is 2.37. The first-order chi connectivity index (χ1) is 14.2. The highest BCUT2D eigenvalue weighted by Gasteiger charge is 2.31. The summed E-state index contributed by atoms with van der Waals surface area (Å²) in [7, 11) is 0. The van der Waals surface area contributed by atoms with Gasteiger partial charge in [0, 0.05) is 23.9 Å². The van der Waals surface area contributed by atoms with Crippen molar-refractivity contribution in [3.63, 3.8) is 0 Å². The Labute approximate surface area is 169 Å². The number of nitrogens with zero attached hydrogens (tertiary/aromatic N) is 2. The molecule has 0 radical (unpaired) electrons. The minimum Gasteiger partial charge on any atom is -0.507 e. The molecule has 0 unspecified atom stereocenters. The van der Waals surface area contributed by atoms with Gasteiger partial charge in [0.25, 0.3) is 5.69 Å². The molecule has 0 aliphatic heterocycles. The van der Waals surface area contributed by atoms with E-state index < -0.39 is 16.7 Å². The molecule has 0 aliphatic rings. The fourth-order valence-corrected chi connectivity index (χ4v) is 2.55. The Kier molecular flexibility index (Phi) is 6.01. The summed E-state index contributed by atoms with van der Waals surface area (Å²) in [6, 6.07) is 15.2. The molecule has 0 fully saturated rings. The van der Waals surface area contributed by atoms with Gasteiger partial charge in [-0.25, -0.2) is 0 Å². The third kappa shape index (κ3) is 5.13. The van der Waals surface area contributed by atoms with Crippen LogP contribution in [-0.2, 0) is 12.8 Å². The zero-order chi connectivity index (χ0) is 21.7. The monoisotopic (exact) mass is 416 g/mol. The van der Waals surface area contributed by atoms with Crippen LogP contribution in [0.4, 0.5) is 24.5 Å². The average Bonchev–Trinajstić information content (AvgIpc) is 2.71. The number of alkyl halides is 3. The third-order valence-electron chi connectivity index (χ3n) is 4.09. The van der Waals surface area contributed by atoms with E-state index in [1.807, 2.05) is 6.07 Å². The van der Waals surface area contributed by atoms with Crippen LogP contribution in [0, 0.1) is 10.1 Å². The zero-order valence-corrected chi connectivity index (χ0v) is 15.3. The normalized spacial score (nSPS) is 11.6. The van der Waals surface area contributed by atoms with E-state index >= 15 is 0 Å². The second-order valence-corrected chi connectivity index (χ2v) is 6.21. The smallest absolute Gasteiger partial charge is 0.416 e. The Hall–Kier alpha value is -3.88. The second-order valence-electron chi connectivity index (χ2n) is 6.21. The fourth-order valence-electron chi connectivity index (χ4n) is 2.55. The number of ether oxygens (including phenoxy) is 1. The first-order valence-corrected chi connectivity index (χ1v) is 8.63. The molecule has 30 heavy (non-hydrogen) atoms. The zero-order valence-electron chi connectivity index (χ0n) is 15.3. The molecule has 3 aromatic carbocycles. The summed E-state index contributed by atoms with van der Waals surface area (Å²) in [4.78, 5) is 14.2. The van der Waals surface area contributed by atoms with E-state index in [2.05, 4.69) is 4.99 Å². The van der Waals surface area contributed by atoms with E-state index in [0.717, 1.165) is 48.2 Å². The van der Waals surface area contributed by atoms with Gasteiger partial charge in [-0.15, -0.1) is 0 Å². The number of non-ortho nitro benzene ring substituents is 1. The highest BCUT2D eigenvalue weighted by molar-refractivity contribution is 5.87. The third-order valence-corrected chi connectivity index (χ3v) is 4.09. The summed E-state index contributed by atoms with van der Waals surface area (Å²) in [6.45, 7) is 0.108. The van der Waals surface area contributed by atoms with Crippen LogP contribution in [-0.4, -0.2) is 16.2 Å². The van der Waals surface area contributed by atoms with Gasteiger partial charge >= 0.3 is 6.18 Å². The quantitative estimate of drug-likeness (QED) is 0.320. The van der Waals surface area contributed by atoms with Crippen molar-refractivity contribution >= 4 is 17.6 Å². The predicted molar refractivity (Wildman–Crippen MR) is 104 cm³/mol. The van der Waals surface area contributed by atoms with Gasteiger partial charge in [0.1, 0.15) is 23.8 Å². The number of phenols is 1. The van der Waals surface area contributed by atoms with Crippen LogP contribution >= 0.6 is 0 Å². The molecule has 0 aliphatic carbocycles. The van der Waals surface area contributed by atoms with E-state index in [1.54, 1.807) is 24.3 Å². The van der Waals surface area contributed by atoms with Gasteiger partial charge in [-0.2, -0.15) is 13.2 Å². The molecule has 0 bridgehead atoms. The maximum absolute atomic E-state index is 13.1. The average molecular weight is 416 g/mol. The lowest BCUT2D eigenvalue weighted by Gasteiger charge is -2.12. The van der Waals surface area contributed by atoms with E-state index in [4.69, 9.17) is 4.74 Å². The van der Waals surface area contributed by atoms with Crippen LogP contribution in [0.15, 0.2) is 71.7 Å². The summed E-state index contributed by atoms with van der Waals surface area (Å²) in [5.41, 5.74) is -0.560. The Balaban J connectivity index is 1.95. The maximum Gasteiger partial charge on any atom is 0.416 e. The van der Waals surface area contributed by atoms with Crippen molar-refractivity contribution in [2.24, 2.45) is 4.99 Å². The molecular formula is C21H15F3N2O4. The van der Waals surface area contributed by atoms with Crippen LogP contribution in [0.3, 0.4) is 0 Å². The van der Waals surface area contributed by atoms with Crippen LogP contribution in [0.25, 0.3) is 0 Å². The number of hydrogen-bond acceptors (Lipinski definition) is 5. The number of phenolic OH excluding ortho intramolecular Hbond substituents is 1. The van der Waals surface area contributed by atoms with E-state index in [-0.39, 0.29) is 35.0 Å². The van der Waals surface area contributed by atoms with Gasteiger partial charge in [-0.1, -0.05) is 30.3 Å². The van der Waals surface area contributed by atoms with Crippen molar-refractivity contribution in [1.29, 1.82) is 0 Å². The number of rotatable bonds is 6. The van der Waals surface area contributed by atoms with Crippen molar-refractivity contribution < 1.29 is 27.9 Å². The minimum absolute atomic E-state index is 0.0179. The SMILES string of the molecule is O=[N+]([O-])c1ccc(O)c(C=Nc2cc(C(F)(F)F)ccc2OCc2ccccc2)c1. The van der Waals surface area contributed by atoms with Crippen LogP contribution in [0.1, 0.15) is 16.7 Å². The Morgan fingerprint density at radius 2 is 1.80 bits per heavy atom. The van der Waals surface area contributed by atoms with Gasteiger partial charge in [0.15, 0.2) is 0 Å². The van der Waals surface area contributed by atoms with Crippen LogP contribution < -0.4 is 4.74 Å². The molecule has 9 heteroatoms. The second kappa shape index (κ2) is 8.64. The summed E-state index contributed by atoms with van der Waals surface area (Å²) in [6.07, 6.45) is -3.54. The number of aliphatic imine (C=N–C) groups is 1. The largest absolute Gasteiger partial charge is 0.507 e. The lowest BCUT2D eigenvalue weighted by atomic mass is 10.1. The van der Waals surface area contributed by atoms with E-state index in [0.29, 0.717) is 0 Å². The molecule has 154 valence electrons. The molecule has 3 aromatic rings. The van der Waals surface area contributed by atoms with E-state index in [9.17, 15) is 28.4 Å². The fraction of sp³-hybridized carbons (Fsp3) is 0.0952. The molecule has 6 nitrogen and oxygen atoms in total. The van der Waals surface area contributed by atoms with Gasteiger partial charge in [-0.3, -0.25) is 15.1 Å². The summed E-state index contributed by atoms with van der Waals surface area (Å²) < 4.78 is 45.0. The maximum atomic E-state index is 13.1. The highest BCUT2D eigenvalue weighted by atomic mass is 19.4. The van der Waals surface area contributed by atoms with Crippen molar-refractivity contribution in [3.8, 4) is 11.5 Å². The molecule has 3 rings (SSSR count). The Morgan fingerprint density at radius 3 is 2.47 bits per heavy atom. The number of hydrogen-bond donors (Lipinski definition) is 1. The van der Waals surface area contributed by atoms with Crippen molar-refractivity contribution in [3.05, 3.63) is 93.5 Å². The van der Waals surface area contributed by atoms with Crippen molar-refractivity contribution in [1.82, 2.24) is 0 Å². The van der Waals surface area contributed by atoms with Crippen molar-refractivity contribution in [2.75, 3.05) is 0 Å². The molecule has 0 amide bonds. The Morgan fingerprint density at radius 1 is 1.07 bits per heavy atom. The number of nitro benzene ring substituents is 1. The van der Waals surface area contributed by atoms with Gasteiger partial charge in [0.05, 0.1) is 10.5 Å². The molecule has 0 aromatic heterocycles. The first kappa shape index (κ1) is 20.8. The molecule has 0 heterocycles. The lowest BCUT2D eigenvalue weighted by Crippen LogP contribution is -2.05. The molecule has 1 N–H and O–H groups in total. The number of nitro groups is 1. The van der Waals surface area contributed by atoms with Crippen molar-refractivity contribution in [2.45, 2.75) is 12.8 Å². The minimum atomic E-state index is -4.59. The summed E-state index contributed by atoms with van der Waals surface area (Å²) in [5, 5.41) is 20.8. The van der Waals surface area contributed by atoms with Crippen LogP contribution in [0.2, 0.25) is 0 Å². The molecule has 0 atom stereocenters. The molecule has 0 saturated heterocycles. The van der Waals surface area contributed by atoms with E-state index in [1.165, 1.54) is 0 Å². The lowest BCUT2D eigenvalue weighted by molar-refractivity contribution is -0.384. The molecule has 0 spiro atoms. The summed E-state index contributed by atoms with van der Waals surface area (Å²) in [5.74, 6) is -0.212. The number of benzene rings is 3.